The molecule has 0 radical (unpaired) electrons. The van der Waals surface area contributed by atoms with Crippen LogP contribution in [0.1, 0.15) is 5.82 Å². The van der Waals surface area contributed by atoms with Crippen LogP contribution in [0.5, 0.6) is 0 Å². The van der Waals surface area contributed by atoms with E-state index in [-0.39, 0.29) is 0 Å². The summed E-state index contributed by atoms with van der Waals surface area (Å²) in [7, 11) is 3.52. The molecular formula is C14H17ClN4O2. The number of nitrogens with zero attached hydrogens (tertiary/aromatic N) is 4. The summed E-state index contributed by atoms with van der Waals surface area (Å²) < 4.78 is 12.3. The molecule has 3 heterocycles. The fourth-order valence-corrected chi connectivity index (χ4v) is 2.63. The number of aromatic nitrogens is 3. The summed E-state index contributed by atoms with van der Waals surface area (Å²) in [5.74, 6) is 0.774. The van der Waals surface area contributed by atoms with Crippen LogP contribution in [0.15, 0.2) is 12.3 Å². The van der Waals surface area contributed by atoms with E-state index in [4.69, 9.17) is 21.1 Å². The average molecular weight is 309 g/mol. The molecule has 0 saturated carbocycles. The fraction of sp³-hybridized carbons (Fsp3) is 0.429. The average Bonchev–Trinajstić information content (AvgIpc) is 2.82. The van der Waals surface area contributed by atoms with Crippen LogP contribution in [0.25, 0.3) is 17.2 Å². The number of hydrogen-bond donors (Lipinski definition) is 0. The molecule has 0 aromatic carbocycles. The summed E-state index contributed by atoms with van der Waals surface area (Å²) in [4.78, 5) is 11.3. The summed E-state index contributed by atoms with van der Waals surface area (Å²) in [6.07, 6.45) is 3.40. The maximum absolute atomic E-state index is 6.18. The molecule has 0 N–H and O–H groups in total. The van der Waals surface area contributed by atoms with E-state index in [2.05, 4.69) is 14.9 Å². The second-order valence-corrected chi connectivity index (χ2v) is 5.19. The number of imidazole rings is 1. The lowest BCUT2D eigenvalue weighted by Gasteiger charge is -2.28. The number of aryl methyl sites for hydroxylation is 1. The summed E-state index contributed by atoms with van der Waals surface area (Å²) in [5, 5.41) is 0.467. The van der Waals surface area contributed by atoms with Crippen molar-refractivity contribution in [2.45, 2.75) is 0 Å². The van der Waals surface area contributed by atoms with E-state index in [9.17, 15) is 0 Å². The Morgan fingerprint density at radius 2 is 2.10 bits per heavy atom. The molecule has 1 fully saturated rings. The Morgan fingerprint density at radius 1 is 1.33 bits per heavy atom. The number of morpholine rings is 1. The summed E-state index contributed by atoms with van der Waals surface area (Å²) in [6.45, 7) is 3.08. The molecule has 1 saturated heterocycles. The SMILES string of the molecule is CO/C=C/c1nc2c(N3CCOCC3)cc(Cl)nc2n1C. The van der Waals surface area contributed by atoms with Crippen molar-refractivity contribution in [3.8, 4) is 0 Å². The van der Waals surface area contributed by atoms with E-state index in [1.165, 1.54) is 0 Å². The largest absolute Gasteiger partial charge is 0.504 e. The lowest BCUT2D eigenvalue weighted by atomic mass is 10.3. The molecule has 0 atom stereocenters. The number of rotatable bonds is 3. The van der Waals surface area contributed by atoms with Crippen LogP contribution in [0.2, 0.25) is 5.15 Å². The predicted octanol–water partition coefficient (Wildman–Crippen LogP) is 2.08. The lowest BCUT2D eigenvalue weighted by molar-refractivity contribution is 0.123. The number of methoxy groups -OCH3 is 1. The Hall–Kier alpha value is -1.79. The minimum Gasteiger partial charge on any atom is -0.504 e. The standard InChI is InChI=1S/C14H17ClN4O2/c1-18-12(3-6-20-2)17-13-10(9-11(15)16-14(13)18)19-4-7-21-8-5-19/h3,6,9H,4-5,7-8H2,1-2H3/b6-3+. The van der Waals surface area contributed by atoms with Gasteiger partial charge in [0.05, 0.1) is 32.3 Å². The van der Waals surface area contributed by atoms with Gasteiger partial charge in [-0.25, -0.2) is 9.97 Å². The molecule has 21 heavy (non-hydrogen) atoms. The molecule has 2 aromatic rings. The summed E-state index contributed by atoms with van der Waals surface area (Å²) in [5.41, 5.74) is 2.61. The van der Waals surface area contributed by atoms with E-state index in [0.29, 0.717) is 18.4 Å². The molecule has 1 aliphatic heterocycles. The molecule has 112 valence electrons. The molecule has 0 spiro atoms. The van der Waals surface area contributed by atoms with Crippen molar-refractivity contribution in [1.82, 2.24) is 14.5 Å². The van der Waals surface area contributed by atoms with Gasteiger partial charge in [-0.3, -0.25) is 0 Å². The van der Waals surface area contributed by atoms with Crippen molar-refractivity contribution < 1.29 is 9.47 Å². The number of hydrogen-bond acceptors (Lipinski definition) is 5. The van der Waals surface area contributed by atoms with Gasteiger partial charge in [0.15, 0.2) is 5.65 Å². The first-order valence-corrected chi connectivity index (χ1v) is 7.13. The highest BCUT2D eigenvalue weighted by atomic mass is 35.5. The normalized spacial score (nSPS) is 16.0. The number of pyridine rings is 1. The highest BCUT2D eigenvalue weighted by Gasteiger charge is 2.19. The highest BCUT2D eigenvalue weighted by molar-refractivity contribution is 6.30. The van der Waals surface area contributed by atoms with Gasteiger partial charge in [-0.05, 0) is 0 Å². The van der Waals surface area contributed by atoms with Crippen LogP contribution in [0.4, 0.5) is 5.69 Å². The number of ether oxygens (including phenoxy) is 2. The van der Waals surface area contributed by atoms with Crippen LogP contribution in [-0.4, -0.2) is 47.9 Å². The van der Waals surface area contributed by atoms with E-state index >= 15 is 0 Å². The zero-order valence-corrected chi connectivity index (χ0v) is 12.8. The van der Waals surface area contributed by atoms with Crippen LogP contribution in [0, 0.1) is 0 Å². The van der Waals surface area contributed by atoms with Gasteiger partial charge < -0.3 is 18.9 Å². The molecule has 0 bridgehead atoms. The summed E-state index contributed by atoms with van der Waals surface area (Å²) >= 11 is 6.18. The first-order valence-electron chi connectivity index (χ1n) is 6.75. The molecule has 2 aromatic heterocycles. The maximum atomic E-state index is 6.18. The smallest absolute Gasteiger partial charge is 0.163 e. The van der Waals surface area contributed by atoms with Crippen molar-refractivity contribution >= 4 is 34.5 Å². The Bertz CT molecular complexity index is 677. The molecular weight excluding hydrogens is 292 g/mol. The minimum atomic E-state index is 0.467. The quantitative estimate of drug-likeness (QED) is 0.642. The van der Waals surface area contributed by atoms with Gasteiger partial charge in [-0.1, -0.05) is 11.6 Å². The Morgan fingerprint density at radius 3 is 2.81 bits per heavy atom. The first kappa shape index (κ1) is 14.2. The zero-order chi connectivity index (χ0) is 14.8. The molecule has 6 nitrogen and oxygen atoms in total. The van der Waals surface area contributed by atoms with Gasteiger partial charge in [-0.2, -0.15) is 0 Å². The van der Waals surface area contributed by atoms with Crippen molar-refractivity contribution in [2.24, 2.45) is 7.05 Å². The molecule has 0 unspecified atom stereocenters. The summed E-state index contributed by atoms with van der Waals surface area (Å²) in [6, 6.07) is 1.87. The van der Waals surface area contributed by atoms with E-state index in [1.54, 1.807) is 19.4 Å². The van der Waals surface area contributed by atoms with Crippen LogP contribution in [-0.2, 0) is 16.5 Å². The molecule has 3 rings (SSSR count). The Labute approximate surface area is 127 Å². The van der Waals surface area contributed by atoms with Crippen molar-refractivity contribution in [3.05, 3.63) is 23.3 Å². The Kier molecular flexibility index (Phi) is 3.98. The van der Waals surface area contributed by atoms with Gasteiger partial charge >= 0.3 is 0 Å². The van der Waals surface area contributed by atoms with Crippen LogP contribution in [0.3, 0.4) is 0 Å². The van der Waals surface area contributed by atoms with Gasteiger partial charge in [0.1, 0.15) is 16.5 Å². The van der Waals surface area contributed by atoms with Gasteiger partial charge in [0.2, 0.25) is 0 Å². The molecule has 7 heteroatoms. The van der Waals surface area contributed by atoms with Gasteiger partial charge in [0.25, 0.3) is 0 Å². The zero-order valence-electron chi connectivity index (χ0n) is 12.0. The second kappa shape index (κ2) is 5.91. The van der Waals surface area contributed by atoms with E-state index in [1.807, 2.05) is 17.7 Å². The number of halogens is 1. The molecule has 1 aliphatic rings. The van der Waals surface area contributed by atoms with Crippen LogP contribution < -0.4 is 4.90 Å². The number of fused-ring (bicyclic) bond motifs is 1. The number of anilines is 1. The van der Waals surface area contributed by atoms with Gasteiger partial charge in [-0.15, -0.1) is 0 Å². The molecule has 0 aliphatic carbocycles. The third kappa shape index (κ3) is 2.69. The first-order chi connectivity index (χ1) is 10.2. The van der Waals surface area contributed by atoms with E-state index < -0.39 is 0 Å². The third-order valence-electron chi connectivity index (χ3n) is 3.52. The monoisotopic (exact) mass is 308 g/mol. The van der Waals surface area contributed by atoms with Crippen LogP contribution >= 0.6 is 11.6 Å². The van der Waals surface area contributed by atoms with E-state index in [0.717, 1.165) is 35.8 Å². The van der Waals surface area contributed by atoms with Crippen molar-refractivity contribution in [3.63, 3.8) is 0 Å². The predicted molar refractivity (Wildman–Crippen MR) is 82.6 cm³/mol. The lowest BCUT2D eigenvalue weighted by Crippen LogP contribution is -2.36. The third-order valence-corrected chi connectivity index (χ3v) is 3.71. The highest BCUT2D eigenvalue weighted by Crippen LogP contribution is 2.29. The maximum Gasteiger partial charge on any atom is 0.163 e. The molecule has 0 amide bonds. The van der Waals surface area contributed by atoms with Crippen molar-refractivity contribution in [1.29, 1.82) is 0 Å². The second-order valence-electron chi connectivity index (χ2n) is 4.80. The van der Waals surface area contributed by atoms with Gasteiger partial charge in [0, 0.05) is 32.3 Å². The van der Waals surface area contributed by atoms with Crippen molar-refractivity contribution in [2.75, 3.05) is 38.3 Å². The Balaban J connectivity index is 2.12. The topological polar surface area (TPSA) is 52.4 Å². The minimum absolute atomic E-state index is 0.467. The fourth-order valence-electron chi connectivity index (χ4n) is 2.44.